The molecule has 0 aromatic carbocycles. The van der Waals surface area contributed by atoms with Gasteiger partial charge in [0.1, 0.15) is 0 Å². The lowest BCUT2D eigenvalue weighted by Gasteiger charge is -2.62. The Morgan fingerprint density at radius 2 is 1.23 bits per heavy atom. The molecule has 0 amide bonds. The highest BCUT2D eigenvalue weighted by molar-refractivity contribution is 5.10. The standard InChI is InChI=1S/C29H56N2/c1-9-30(7,10-2)23-17-19-28(5)22(21-23)13-14-24-25-15-16-27(31(8,11-3)12-4)29(25,6)20-18-26(24)28/h22-27H,9-21H2,1-8H3/q+2/t22?,23-,24+,25?,26?,27-,28+,29+/m1/s1. The second-order valence-electron chi connectivity index (χ2n) is 13.4. The Morgan fingerprint density at radius 1 is 0.645 bits per heavy atom. The van der Waals surface area contributed by atoms with Crippen LogP contribution in [-0.2, 0) is 0 Å². The molecular formula is C29H56N2+2. The van der Waals surface area contributed by atoms with Gasteiger partial charge in [-0.1, -0.05) is 13.8 Å². The second-order valence-corrected chi connectivity index (χ2v) is 13.4. The van der Waals surface area contributed by atoms with Crippen LogP contribution in [0.4, 0.5) is 0 Å². The van der Waals surface area contributed by atoms with Crippen molar-refractivity contribution in [1.82, 2.24) is 0 Å². The Labute approximate surface area is 195 Å². The summed E-state index contributed by atoms with van der Waals surface area (Å²) in [5, 5.41) is 0. The molecule has 4 fully saturated rings. The topological polar surface area (TPSA) is 0 Å². The lowest BCUT2D eigenvalue weighted by atomic mass is 9.44. The van der Waals surface area contributed by atoms with E-state index in [0.29, 0.717) is 10.8 Å². The molecule has 2 heteroatoms. The molecule has 4 rings (SSSR count). The Morgan fingerprint density at radius 3 is 1.84 bits per heavy atom. The molecular weight excluding hydrogens is 376 g/mol. The van der Waals surface area contributed by atoms with Gasteiger partial charge >= 0.3 is 0 Å². The minimum atomic E-state index is 0.599. The maximum Gasteiger partial charge on any atom is 0.0945 e. The van der Waals surface area contributed by atoms with Crippen molar-refractivity contribution >= 4 is 0 Å². The molecule has 31 heavy (non-hydrogen) atoms. The molecule has 3 unspecified atom stereocenters. The van der Waals surface area contributed by atoms with Crippen LogP contribution in [0, 0.1) is 34.5 Å². The molecule has 0 aromatic heterocycles. The van der Waals surface area contributed by atoms with Crippen LogP contribution in [0.1, 0.15) is 99.3 Å². The predicted octanol–water partition coefficient (Wildman–Crippen LogP) is 6.74. The van der Waals surface area contributed by atoms with Crippen LogP contribution < -0.4 is 0 Å². The number of rotatable bonds is 6. The highest BCUT2D eigenvalue weighted by atomic mass is 15.4. The molecule has 2 nitrogen and oxygen atoms in total. The number of hydrogen-bond acceptors (Lipinski definition) is 0. The van der Waals surface area contributed by atoms with E-state index in [4.69, 9.17) is 0 Å². The van der Waals surface area contributed by atoms with Crippen LogP contribution in [0.5, 0.6) is 0 Å². The maximum atomic E-state index is 2.76. The smallest absolute Gasteiger partial charge is 0.0945 e. The van der Waals surface area contributed by atoms with E-state index in [0.717, 1.165) is 35.8 Å². The van der Waals surface area contributed by atoms with Crippen molar-refractivity contribution in [3.8, 4) is 0 Å². The first-order valence-electron chi connectivity index (χ1n) is 14.3. The van der Waals surface area contributed by atoms with Crippen molar-refractivity contribution in [2.24, 2.45) is 34.5 Å². The predicted molar refractivity (Wildman–Crippen MR) is 134 cm³/mol. The summed E-state index contributed by atoms with van der Waals surface area (Å²) in [6, 6.07) is 1.82. The van der Waals surface area contributed by atoms with Crippen molar-refractivity contribution < 1.29 is 8.97 Å². The highest BCUT2D eigenvalue weighted by Crippen LogP contribution is 2.67. The second kappa shape index (κ2) is 8.30. The fourth-order valence-electron chi connectivity index (χ4n) is 10.2. The fourth-order valence-corrected chi connectivity index (χ4v) is 10.2. The minimum Gasteiger partial charge on any atom is -0.324 e. The molecule has 4 saturated carbocycles. The van der Waals surface area contributed by atoms with Gasteiger partial charge in [0, 0.05) is 18.3 Å². The summed E-state index contributed by atoms with van der Waals surface area (Å²) in [6.07, 6.45) is 13.7. The van der Waals surface area contributed by atoms with Crippen LogP contribution in [0.15, 0.2) is 0 Å². The molecule has 0 heterocycles. The largest absolute Gasteiger partial charge is 0.324 e. The average Bonchev–Trinajstić information content (AvgIpc) is 3.15. The van der Waals surface area contributed by atoms with Gasteiger partial charge < -0.3 is 8.97 Å². The monoisotopic (exact) mass is 432 g/mol. The van der Waals surface area contributed by atoms with Gasteiger partial charge in [-0.3, -0.25) is 0 Å². The summed E-state index contributed by atoms with van der Waals surface area (Å²) in [4.78, 5) is 0. The van der Waals surface area contributed by atoms with Gasteiger partial charge in [-0.25, -0.2) is 0 Å². The van der Waals surface area contributed by atoms with Crippen LogP contribution >= 0.6 is 0 Å². The number of quaternary nitrogens is 2. The van der Waals surface area contributed by atoms with Crippen LogP contribution in [-0.4, -0.2) is 61.3 Å². The van der Waals surface area contributed by atoms with Gasteiger partial charge in [0.05, 0.1) is 52.4 Å². The Kier molecular flexibility index (Phi) is 6.44. The zero-order valence-corrected chi connectivity index (χ0v) is 22.6. The summed E-state index contributed by atoms with van der Waals surface area (Å²) in [6.45, 7) is 20.5. The first-order chi connectivity index (χ1) is 14.6. The SMILES string of the molecule is CC[N+](C)(CC)[C@@H]1CC[C@@]2(C)C(CC[C@@H]3C2CC[C@@]2(C)C3CC[C@H]2[N+](C)(CC)CC)C1. The van der Waals surface area contributed by atoms with E-state index in [1.807, 2.05) is 0 Å². The third kappa shape index (κ3) is 3.48. The summed E-state index contributed by atoms with van der Waals surface area (Å²) < 4.78 is 2.63. The first-order valence-corrected chi connectivity index (χ1v) is 14.3. The molecule has 4 aliphatic carbocycles. The molecule has 0 aromatic rings. The van der Waals surface area contributed by atoms with Crippen molar-refractivity contribution in [2.75, 3.05) is 40.3 Å². The van der Waals surface area contributed by atoms with Gasteiger partial charge in [-0.2, -0.15) is 0 Å². The lowest BCUT2D eigenvalue weighted by Crippen LogP contribution is -2.62. The molecule has 0 spiro atoms. The van der Waals surface area contributed by atoms with E-state index in [1.54, 1.807) is 6.42 Å². The molecule has 0 radical (unpaired) electrons. The van der Waals surface area contributed by atoms with E-state index in [9.17, 15) is 0 Å². The third-order valence-corrected chi connectivity index (χ3v) is 13.1. The summed E-state index contributed by atoms with van der Waals surface area (Å²) in [7, 11) is 5.11. The third-order valence-electron chi connectivity index (χ3n) is 13.1. The molecule has 180 valence electrons. The Bertz CT molecular complexity index is 635. The zero-order chi connectivity index (χ0) is 22.7. The molecule has 0 aliphatic heterocycles. The lowest BCUT2D eigenvalue weighted by molar-refractivity contribution is -0.936. The van der Waals surface area contributed by atoms with Crippen LogP contribution in [0.2, 0.25) is 0 Å². The maximum absolute atomic E-state index is 2.76. The number of nitrogens with zero attached hydrogens (tertiary/aromatic N) is 2. The number of hydrogen-bond donors (Lipinski definition) is 0. The molecule has 0 N–H and O–H groups in total. The number of fused-ring (bicyclic) bond motifs is 5. The fraction of sp³-hybridized carbons (Fsp3) is 1.00. The van der Waals surface area contributed by atoms with Crippen molar-refractivity contribution in [1.29, 1.82) is 0 Å². The van der Waals surface area contributed by atoms with Gasteiger partial charge in [-0.15, -0.1) is 0 Å². The minimum absolute atomic E-state index is 0.599. The van der Waals surface area contributed by atoms with Gasteiger partial charge in [0.2, 0.25) is 0 Å². The summed E-state index contributed by atoms with van der Waals surface area (Å²) in [5.74, 6) is 4.06. The molecule has 8 atom stereocenters. The van der Waals surface area contributed by atoms with Gasteiger partial charge in [0.15, 0.2) is 0 Å². The first kappa shape index (κ1) is 24.1. The van der Waals surface area contributed by atoms with Gasteiger partial charge in [-0.05, 0) is 102 Å². The average molecular weight is 433 g/mol. The quantitative estimate of drug-likeness (QED) is 0.408. The molecule has 0 bridgehead atoms. The highest BCUT2D eigenvalue weighted by Gasteiger charge is 2.63. The summed E-state index contributed by atoms with van der Waals surface area (Å²) >= 11 is 0. The van der Waals surface area contributed by atoms with Crippen molar-refractivity contribution in [2.45, 2.75) is 111 Å². The summed E-state index contributed by atoms with van der Waals surface area (Å²) in [5.41, 5.74) is 1.24. The van der Waals surface area contributed by atoms with Gasteiger partial charge in [0.25, 0.3) is 0 Å². The van der Waals surface area contributed by atoms with E-state index in [2.05, 4.69) is 55.6 Å². The van der Waals surface area contributed by atoms with E-state index in [-0.39, 0.29) is 0 Å². The zero-order valence-electron chi connectivity index (χ0n) is 22.6. The van der Waals surface area contributed by atoms with Crippen molar-refractivity contribution in [3.05, 3.63) is 0 Å². The van der Waals surface area contributed by atoms with Crippen molar-refractivity contribution in [3.63, 3.8) is 0 Å². The van der Waals surface area contributed by atoms with Crippen LogP contribution in [0.25, 0.3) is 0 Å². The van der Waals surface area contributed by atoms with E-state index >= 15 is 0 Å². The van der Waals surface area contributed by atoms with E-state index in [1.165, 1.54) is 86.5 Å². The normalized spacial score (nSPS) is 45.7. The Balaban J connectivity index is 1.54. The molecule has 0 saturated heterocycles. The molecule has 4 aliphatic rings. The Hall–Kier alpha value is -0.0800. The van der Waals surface area contributed by atoms with E-state index < -0.39 is 0 Å². The van der Waals surface area contributed by atoms with Crippen LogP contribution in [0.3, 0.4) is 0 Å².